The molecule has 1 aliphatic rings. The van der Waals surface area contributed by atoms with Crippen LogP contribution in [-0.4, -0.2) is 59.8 Å². The lowest BCUT2D eigenvalue weighted by Gasteiger charge is -2.21. The van der Waals surface area contributed by atoms with Crippen molar-refractivity contribution in [2.45, 2.75) is 13.0 Å². The molecule has 12 heteroatoms. The highest BCUT2D eigenvalue weighted by atomic mass is 35.5. The molecule has 3 aromatic rings. The fourth-order valence-corrected chi connectivity index (χ4v) is 2.94. The van der Waals surface area contributed by atoms with Gasteiger partial charge in [-0.1, -0.05) is 11.6 Å². The van der Waals surface area contributed by atoms with E-state index >= 15 is 0 Å². The van der Waals surface area contributed by atoms with Crippen LogP contribution in [0.2, 0.25) is 5.02 Å². The van der Waals surface area contributed by atoms with Crippen LogP contribution in [0.25, 0.3) is 11.5 Å². The Hall–Kier alpha value is -3.02. The standard InChI is InChI=1S/C16H10ClF3N4O2.C5H11NO/c17-12-5-11(3-4-13(12)18)24(8-25)7-10-2-1-9(6-21-10)15-22-23-16(26-15)14(19)20;1-6-2-4-7-5-3-6/h1-6,8,14H,7H2;2-5H2,1H3. The number of rotatable bonds is 6. The normalized spacial score (nSPS) is 14.0. The molecule has 8 nitrogen and oxygen atoms in total. The number of morpholine rings is 1. The molecule has 1 fully saturated rings. The predicted molar refractivity (Wildman–Crippen MR) is 114 cm³/mol. The van der Waals surface area contributed by atoms with E-state index in [-0.39, 0.29) is 17.5 Å². The molecule has 33 heavy (non-hydrogen) atoms. The Morgan fingerprint density at radius 2 is 1.97 bits per heavy atom. The first kappa shape index (κ1) is 24.6. The van der Waals surface area contributed by atoms with Crippen molar-refractivity contribution in [1.82, 2.24) is 20.1 Å². The Kier molecular flexibility index (Phi) is 8.75. The topological polar surface area (TPSA) is 84.6 Å². The number of carbonyl (C=O) groups excluding carboxylic acids is 1. The van der Waals surface area contributed by atoms with Crippen molar-refractivity contribution in [2.75, 3.05) is 38.3 Å². The van der Waals surface area contributed by atoms with Gasteiger partial charge in [-0.3, -0.25) is 9.78 Å². The van der Waals surface area contributed by atoms with Crippen LogP contribution in [0.15, 0.2) is 40.9 Å². The smallest absolute Gasteiger partial charge is 0.314 e. The third kappa shape index (κ3) is 6.98. The van der Waals surface area contributed by atoms with Gasteiger partial charge in [-0.15, -0.1) is 10.2 Å². The van der Waals surface area contributed by atoms with Gasteiger partial charge in [0, 0.05) is 25.0 Å². The van der Waals surface area contributed by atoms with Gasteiger partial charge in [-0.2, -0.15) is 8.78 Å². The number of hydrogen-bond donors (Lipinski definition) is 0. The van der Waals surface area contributed by atoms with E-state index in [0.717, 1.165) is 32.4 Å². The van der Waals surface area contributed by atoms with Crippen LogP contribution in [0.1, 0.15) is 18.0 Å². The second-order valence-electron chi connectivity index (χ2n) is 7.03. The van der Waals surface area contributed by atoms with Gasteiger partial charge in [0.25, 0.3) is 5.89 Å². The van der Waals surface area contributed by atoms with E-state index < -0.39 is 18.1 Å². The molecule has 0 N–H and O–H groups in total. The molecule has 1 aromatic carbocycles. The van der Waals surface area contributed by atoms with E-state index in [1.165, 1.54) is 23.2 Å². The Morgan fingerprint density at radius 1 is 1.21 bits per heavy atom. The van der Waals surface area contributed by atoms with Gasteiger partial charge in [0.2, 0.25) is 12.3 Å². The summed E-state index contributed by atoms with van der Waals surface area (Å²) in [7, 11) is 2.11. The van der Waals surface area contributed by atoms with Crippen molar-refractivity contribution in [1.29, 1.82) is 0 Å². The molecule has 4 rings (SSSR count). The van der Waals surface area contributed by atoms with Crippen molar-refractivity contribution in [3.05, 3.63) is 59.0 Å². The van der Waals surface area contributed by atoms with Gasteiger partial charge in [0.1, 0.15) is 5.82 Å². The maximum absolute atomic E-state index is 13.2. The average molecular weight is 484 g/mol. The number of nitrogens with zero attached hydrogens (tertiary/aromatic N) is 5. The lowest BCUT2D eigenvalue weighted by Crippen LogP contribution is -2.32. The first-order valence-electron chi connectivity index (χ1n) is 9.87. The Bertz CT molecular complexity index is 1050. The second-order valence-corrected chi connectivity index (χ2v) is 7.44. The number of pyridine rings is 1. The van der Waals surface area contributed by atoms with Crippen molar-refractivity contribution >= 4 is 23.7 Å². The van der Waals surface area contributed by atoms with Crippen LogP contribution in [-0.2, 0) is 16.1 Å². The van der Waals surface area contributed by atoms with Crippen molar-refractivity contribution < 1.29 is 27.1 Å². The largest absolute Gasteiger partial charge is 0.415 e. The molecule has 0 bridgehead atoms. The van der Waals surface area contributed by atoms with Gasteiger partial charge in [0.05, 0.1) is 36.0 Å². The highest BCUT2D eigenvalue weighted by Gasteiger charge is 2.17. The summed E-state index contributed by atoms with van der Waals surface area (Å²) < 4.78 is 48.1. The van der Waals surface area contributed by atoms with Crippen molar-refractivity contribution in [2.24, 2.45) is 0 Å². The average Bonchev–Trinajstić information content (AvgIpc) is 3.32. The molecule has 1 amide bonds. The van der Waals surface area contributed by atoms with Crippen LogP contribution in [0.4, 0.5) is 18.9 Å². The quantitative estimate of drug-likeness (QED) is 0.490. The summed E-state index contributed by atoms with van der Waals surface area (Å²) in [4.78, 5) is 19.0. The predicted octanol–water partition coefficient (Wildman–Crippen LogP) is 3.97. The van der Waals surface area contributed by atoms with Crippen LogP contribution in [0, 0.1) is 5.82 Å². The van der Waals surface area contributed by atoms with Gasteiger partial charge >= 0.3 is 6.43 Å². The van der Waals surface area contributed by atoms with Gasteiger partial charge in [0.15, 0.2) is 0 Å². The van der Waals surface area contributed by atoms with Crippen LogP contribution in [0.3, 0.4) is 0 Å². The summed E-state index contributed by atoms with van der Waals surface area (Å²) in [6.45, 7) is 4.12. The lowest BCUT2D eigenvalue weighted by molar-refractivity contribution is -0.107. The summed E-state index contributed by atoms with van der Waals surface area (Å²) >= 11 is 5.72. The number of hydrogen-bond acceptors (Lipinski definition) is 7. The summed E-state index contributed by atoms with van der Waals surface area (Å²) in [5, 5.41) is 6.66. The molecule has 3 heterocycles. The first-order valence-corrected chi connectivity index (χ1v) is 10.3. The second kappa shape index (κ2) is 11.7. The van der Waals surface area contributed by atoms with Crippen molar-refractivity contribution in [3.63, 3.8) is 0 Å². The first-order chi connectivity index (χ1) is 15.9. The van der Waals surface area contributed by atoms with Gasteiger partial charge < -0.3 is 19.0 Å². The molecule has 1 aliphatic heterocycles. The van der Waals surface area contributed by atoms with Crippen molar-refractivity contribution in [3.8, 4) is 11.5 Å². The number of likely N-dealkylation sites (N-methyl/N-ethyl adjacent to an activating group) is 1. The molecule has 1 saturated heterocycles. The fraction of sp³-hybridized carbons (Fsp3) is 0.333. The van der Waals surface area contributed by atoms with E-state index in [1.54, 1.807) is 12.1 Å². The maximum atomic E-state index is 13.2. The molecule has 0 spiro atoms. The number of carbonyl (C=O) groups is 1. The Balaban J connectivity index is 0.000000374. The third-order valence-electron chi connectivity index (χ3n) is 4.63. The SMILES string of the molecule is CN1CCOCC1.O=CN(Cc1ccc(-c2nnc(C(F)F)o2)cn1)c1ccc(F)c(Cl)c1. The van der Waals surface area contributed by atoms with E-state index in [2.05, 4.69) is 27.1 Å². The zero-order valence-electron chi connectivity index (χ0n) is 17.6. The van der Waals surface area contributed by atoms with Crippen LogP contribution < -0.4 is 4.90 Å². The zero-order chi connectivity index (χ0) is 23.8. The highest BCUT2D eigenvalue weighted by molar-refractivity contribution is 6.31. The Morgan fingerprint density at radius 3 is 2.48 bits per heavy atom. The minimum atomic E-state index is -2.85. The molecule has 0 aliphatic carbocycles. The van der Waals surface area contributed by atoms with Gasteiger partial charge in [-0.05, 0) is 37.4 Å². The minimum Gasteiger partial charge on any atom is -0.415 e. The Labute approximate surface area is 192 Å². The summed E-state index contributed by atoms with van der Waals surface area (Å²) in [6.07, 6.45) is -0.933. The van der Waals surface area contributed by atoms with E-state index in [9.17, 15) is 18.0 Å². The van der Waals surface area contributed by atoms with E-state index in [4.69, 9.17) is 20.8 Å². The molecular weight excluding hydrogens is 463 g/mol. The van der Waals surface area contributed by atoms with E-state index in [1.807, 2.05) is 0 Å². The molecular formula is C21H21ClF3N5O3. The van der Waals surface area contributed by atoms with E-state index in [0.29, 0.717) is 23.4 Å². The summed E-state index contributed by atoms with van der Waals surface area (Å²) in [5.41, 5.74) is 1.25. The number of aromatic nitrogens is 3. The molecule has 2 aromatic heterocycles. The number of benzene rings is 1. The monoisotopic (exact) mass is 483 g/mol. The summed E-state index contributed by atoms with van der Waals surface area (Å²) in [5.74, 6) is -1.45. The fourth-order valence-electron chi connectivity index (χ4n) is 2.77. The minimum absolute atomic E-state index is 0.0862. The van der Waals surface area contributed by atoms with Crippen LogP contribution >= 0.6 is 11.6 Å². The molecule has 176 valence electrons. The molecule has 0 radical (unpaired) electrons. The third-order valence-corrected chi connectivity index (χ3v) is 4.92. The summed E-state index contributed by atoms with van der Waals surface area (Å²) in [6, 6.07) is 7.01. The highest BCUT2D eigenvalue weighted by Crippen LogP contribution is 2.25. The molecule has 0 atom stereocenters. The number of anilines is 1. The number of ether oxygens (including phenoxy) is 1. The molecule has 0 unspecified atom stereocenters. The van der Waals surface area contributed by atoms with Gasteiger partial charge in [-0.25, -0.2) is 4.39 Å². The number of halogens is 4. The number of amides is 1. The zero-order valence-corrected chi connectivity index (χ0v) is 18.4. The lowest BCUT2D eigenvalue weighted by atomic mass is 10.2. The molecule has 0 saturated carbocycles. The van der Waals surface area contributed by atoms with Crippen LogP contribution in [0.5, 0.6) is 0 Å². The number of alkyl halides is 2. The maximum Gasteiger partial charge on any atom is 0.314 e.